The van der Waals surface area contributed by atoms with E-state index in [0.717, 1.165) is 48.3 Å². The van der Waals surface area contributed by atoms with Crippen LogP contribution in [0, 0.1) is 0 Å². The number of rotatable bonds is 3. The third-order valence-corrected chi connectivity index (χ3v) is 6.40. The lowest BCUT2D eigenvalue weighted by molar-refractivity contribution is 0.0694. The van der Waals surface area contributed by atoms with Gasteiger partial charge >= 0.3 is 0 Å². The lowest BCUT2D eigenvalue weighted by Crippen LogP contribution is -2.22. The van der Waals surface area contributed by atoms with Crippen molar-refractivity contribution in [3.8, 4) is 11.4 Å². The minimum atomic E-state index is 0.399. The normalized spacial score (nSPS) is 18.9. The van der Waals surface area contributed by atoms with Crippen LogP contribution in [0.3, 0.4) is 0 Å². The molecule has 0 amide bonds. The molecule has 0 N–H and O–H groups in total. The Labute approximate surface area is 168 Å². The lowest BCUT2D eigenvalue weighted by Gasteiger charge is -2.26. The third kappa shape index (κ3) is 2.83. The Bertz CT molecular complexity index is 1170. The maximum atomic E-state index is 5.63. The molecule has 7 nitrogen and oxygen atoms in total. The van der Waals surface area contributed by atoms with Crippen molar-refractivity contribution in [2.45, 2.75) is 50.5 Å². The number of hydrogen-bond donors (Lipinski definition) is 0. The van der Waals surface area contributed by atoms with Gasteiger partial charge in [-0.05, 0) is 37.8 Å². The second-order valence-corrected chi connectivity index (χ2v) is 8.16. The molecular weight excluding hydrogens is 364 g/mol. The molecule has 1 aliphatic heterocycles. The summed E-state index contributed by atoms with van der Waals surface area (Å²) in [6.07, 6.45) is 12.7. The SMILES string of the molecule is c1ccn2ncc(-c3ncc4nc(C5CCCC5)n(C5CCOCC5)c4n3)c2c1. The van der Waals surface area contributed by atoms with E-state index in [1.165, 1.54) is 31.5 Å². The molecule has 29 heavy (non-hydrogen) atoms. The molecule has 7 heteroatoms. The van der Waals surface area contributed by atoms with Crippen molar-refractivity contribution in [3.63, 3.8) is 0 Å². The summed E-state index contributed by atoms with van der Waals surface area (Å²) in [4.78, 5) is 14.7. The minimum Gasteiger partial charge on any atom is -0.381 e. The van der Waals surface area contributed by atoms with Gasteiger partial charge in [-0.1, -0.05) is 18.9 Å². The summed E-state index contributed by atoms with van der Waals surface area (Å²) >= 11 is 0. The molecule has 2 aliphatic rings. The first kappa shape index (κ1) is 17.1. The smallest absolute Gasteiger partial charge is 0.165 e. The summed E-state index contributed by atoms with van der Waals surface area (Å²) in [5, 5.41) is 4.45. The van der Waals surface area contributed by atoms with Gasteiger partial charge in [-0.25, -0.2) is 19.5 Å². The molecule has 4 aromatic rings. The molecule has 0 radical (unpaired) electrons. The van der Waals surface area contributed by atoms with Crippen LogP contribution in [0.5, 0.6) is 0 Å². The molecule has 1 saturated heterocycles. The largest absolute Gasteiger partial charge is 0.381 e. The number of hydrogen-bond acceptors (Lipinski definition) is 5. The Kier molecular flexibility index (Phi) is 4.08. The van der Waals surface area contributed by atoms with E-state index in [4.69, 9.17) is 14.7 Å². The van der Waals surface area contributed by atoms with Crippen LogP contribution in [0.4, 0.5) is 0 Å². The van der Waals surface area contributed by atoms with Gasteiger partial charge in [0.25, 0.3) is 0 Å². The minimum absolute atomic E-state index is 0.399. The topological polar surface area (TPSA) is 70.1 Å². The van der Waals surface area contributed by atoms with E-state index in [-0.39, 0.29) is 0 Å². The summed E-state index contributed by atoms with van der Waals surface area (Å²) in [5.74, 6) is 2.45. The summed E-state index contributed by atoms with van der Waals surface area (Å²) in [6, 6.07) is 6.44. The number of ether oxygens (including phenoxy) is 1. The Morgan fingerprint density at radius 1 is 0.966 bits per heavy atom. The van der Waals surface area contributed by atoms with E-state index in [9.17, 15) is 0 Å². The van der Waals surface area contributed by atoms with Gasteiger partial charge in [0, 0.05) is 31.4 Å². The molecule has 0 aromatic carbocycles. The van der Waals surface area contributed by atoms with Crippen LogP contribution in [0.1, 0.15) is 56.3 Å². The highest BCUT2D eigenvalue weighted by Crippen LogP contribution is 2.38. The lowest BCUT2D eigenvalue weighted by atomic mass is 10.0. The van der Waals surface area contributed by atoms with Gasteiger partial charge in [-0.2, -0.15) is 5.10 Å². The standard InChI is InChI=1S/C22H24N6O/c1-2-6-15(5-1)21-25-18-14-23-20(17-13-24-27-10-4-3-7-19(17)27)26-22(18)28(21)16-8-11-29-12-9-16/h3-4,7,10,13-16H,1-2,5-6,8-9,11-12H2. The highest BCUT2D eigenvalue weighted by atomic mass is 16.5. The van der Waals surface area contributed by atoms with Gasteiger partial charge in [-0.15, -0.1) is 0 Å². The maximum absolute atomic E-state index is 5.63. The number of aromatic nitrogens is 6. The number of imidazole rings is 1. The molecule has 0 bridgehead atoms. The Morgan fingerprint density at radius 3 is 2.69 bits per heavy atom. The zero-order valence-electron chi connectivity index (χ0n) is 16.4. The monoisotopic (exact) mass is 388 g/mol. The first-order valence-electron chi connectivity index (χ1n) is 10.6. The van der Waals surface area contributed by atoms with Crippen LogP contribution in [0.2, 0.25) is 0 Å². The summed E-state index contributed by atoms with van der Waals surface area (Å²) in [6.45, 7) is 1.61. The highest BCUT2D eigenvalue weighted by molar-refractivity contribution is 5.79. The van der Waals surface area contributed by atoms with E-state index in [1.807, 2.05) is 35.2 Å². The maximum Gasteiger partial charge on any atom is 0.165 e. The first-order valence-corrected chi connectivity index (χ1v) is 10.6. The zero-order chi connectivity index (χ0) is 19.2. The molecule has 1 saturated carbocycles. The van der Waals surface area contributed by atoms with Crippen molar-refractivity contribution in [1.29, 1.82) is 0 Å². The van der Waals surface area contributed by atoms with Gasteiger partial charge in [0.2, 0.25) is 0 Å². The molecule has 148 valence electrons. The van der Waals surface area contributed by atoms with Crippen molar-refractivity contribution in [2.24, 2.45) is 0 Å². The molecule has 5 heterocycles. The van der Waals surface area contributed by atoms with E-state index >= 15 is 0 Å². The molecule has 4 aromatic heterocycles. The average Bonchev–Trinajstić information content (AvgIpc) is 3.51. The average molecular weight is 388 g/mol. The number of fused-ring (bicyclic) bond motifs is 2. The van der Waals surface area contributed by atoms with Gasteiger partial charge in [0.15, 0.2) is 11.5 Å². The molecule has 6 rings (SSSR count). The summed E-state index contributed by atoms with van der Waals surface area (Å²) in [7, 11) is 0. The summed E-state index contributed by atoms with van der Waals surface area (Å²) < 4.78 is 9.91. The predicted molar refractivity (Wildman–Crippen MR) is 110 cm³/mol. The van der Waals surface area contributed by atoms with Gasteiger partial charge < -0.3 is 9.30 Å². The quantitative estimate of drug-likeness (QED) is 0.527. The second kappa shape index (κ2) is 6.91. The molecular formula is C22H24N6O. The summed E-state index contributed by atoms with van der Waals surface area (Å²) in [5.41, 5.74) is 3.83. The van der Waals surface area contributed by atoms with E-state index in [2.05, 4.69) is 20.7 Å². The number of nitrogens with zero attached hydrogens (tertiary/aromatic N) is 6. The van der Waals surface area contributed by atoms with Gasteiger partial charge in [-0.3, -0.25) is 0 Å². The van der Waals surface area contributed by atoms with Crippen molar-refractivity contribution >= 4 is 16.7 Å². The van der Waals surface area contributed by atoms with E-state index in [1.54, 1.807) is 0 Å². The van der Waals surface area contributed by atoms with Crippen LogP contribution in [-0.2, 0) is 4.74 Å². The van der Waals surface area contributed by atoms with Crippen LogP contribution < -0.4 is 0 Å². The first-order chi connectivity index (χ1) is 14.4. The van der Waals surface area contributed by atoms with Crippen LogP contribution >= 0.6 is 0 Å². The molecule has 2 fully saturated rings. The van der Waals surface area contributed by atoms with Crippen LogP contribution in [0.25, 0.3) is 28.1 Å². The highest BCUT2D eigenvalue weighted by Gasteiger charge is 2.29. The fourth-order valence-corrected chi connectivity index (χ4v) is 4.92. The fourth-order valence-electron chi connectivity index (χ4n) is 4.92. The Hall–Kier alpha value is -2.80. The molecule has 0 atom stereocenters. The second-order valence-electron chi connectivity index (χ2n) is 8.16. The van der Waals surface area contributed by atoms with Crippen molar-refractivity contribution in [1.82, 2.24) is 29.1 Å². The Balaban J connectivity index is 1.53. The van der Waals surface area contributed by atoms with Crippen molar-refractivity contribution < 1.29 is 4.74 Å². The van der Waals surface area contributed by atoms with Crippen molar-refractivity contribution in [3.05, 3.63) is 42.6 Å². The zero-order valence-corrected chi connectivity index (χ0v) is 16.4. The number of pyridine rings is 1. The van der Waals surface area contributed by atoms with E-state index < -0.39 is 0 Å². The molecule has 0 unspecified atom stereocenters. The predicted octanol–water partition coefficient (Wildman–Crippen LogP) is 4.15. The van der Waals surface area contributed by atoms with E-state index in [0.29, 0.717) is 17.8 Å². The van der Waals surface area contributed by atoms with Crippen LogP contribution in [0.15, 0.2) is 36.8 Å². The third-order valence-electron chi connectivity index (χ3n) is 6.40. The van der Waals surface area contributed by atoms with Gasteiger partial charge in [0.05, 0.1) is 23.5 Å². The van der Waals surface area contributed by atoms with Gasteiger partial charge in [0.1, 0.15) is 11.3 Å². The molecule has 1 aliphatic carbocycles. The molecule has 0 spiro atoms. The fraction of sp³-hybridized carbons (Fsp3) is 0.455. The van der Waals surface area contributed by atoms with Crippen LogP contribution in [-0.4, -0.2) is 42.3 Å². The van der Waals surface area contributed by atoms with Crippen molar-refractivity contribution in [2.75, 3.05) is 13.2 Å². The Morgan fingerprint density at radius 2 is 1.83 bits per heavy atom.